The van der Waals surface area contributed by atoms with E-state index in [2.05, 4.69) is 142 Å². The number of carbonyl (C=O) groups excluding carboxylic acids is 3. The average molecular weight is 927 g/mol. The van der Waals surface area contributed by atoms with Gasteiger partial charge in [0, 0.05) is 19.3 Å². The molecule has 0 amide bonds. The lowest BCUT2D eigenvalue weighted by Gasteiger charge is -2.18. The van der Waals surface area contributed by atoms with Gasteiger partial charge in [-0.2, -0.15) is 0 Å². The summed E-state index contributed by atoms with van der Waals surface area (Å²) in [6, 6.07) is 0. The highest BCUT2D eigenvalue weighted by Crippen LogP contribution is 2.13. The molecule has 1 unspecified atom stereocenters. The normalized spacial score (nSPS) is 13.1. The number of esters is 3. The minimum atomic E-state index is -0.808. The Hall–Kier alpha value is -4.19. The summed E-state index contributed by atoms with van der Waals surface area (Å²) in [7, 11) is 0. The fourth-order valence-electron chi connectivity index (χ4n) is 6.97. The van der Waals surface area contributed by atoms with Crippen LogP contribution in [0.3, 0.4) is 0 Å². The Labute approximate surface area is 412 Å². The van der Waals surface area contributed by atoms with Crippen LogP contribution in [0.15, 0.2) is 122 Å². The quantitative estimate of drug-likeness (QED) is 0.0199. The van der Waals surface area contributed by atoms with Crippen LogP contribution in [0.1, 0.15) is 226 Å². The van der Waals surface area contributed by atoms with Crippen molar-refractivity contribution >= 4 is 17.9 Å². The van der Waals surface area contributed by atoms with Crippen LogP contribution in [0.4, 0.5) is 0 Å². The molecular formula is C61H98O6. The predicted octanol–water partition coefficient (Wildman–Crippen LogP) is 18.1. The van der Waals surface area contributed by atoms with Gasteiger partial charge in [0.1, 0.15) is 13.2 Å². The highest BCUT2D eigenvalue weighted by atomic mass is 16.6. The maximum absolute atomic E-state index is 12.8. The topological polar surface area (TPSA) is 78.9 Å². The van der Waals surface area contributed by atoms with E-state index >= 15 is 0 Å². The summed E-state index contributed by atoms with van der Waals surface area (Å²) in [4.78, 5) is 38.1. The van der Waals surface area contributed by atoms with E-state index in [0.717, 1.165) is 135 Å². The molecule has 0 saturated carbocycles. The number of rotatable bonds is 47. The standard InChI is InChI=1S/C61H98O6/c1-4-7-10-13-16-19-22-25-27-29-30-32-33-36-39-42-45-48-51-54-60(63)66-57-58(56-65-59(62)53-50-47-44-41-38-35-24-21-18-15-12-9-6-3)67-61(64)55-52-49-46-43-40-37-34-31-28-26-23-20-17-14-11-8-5-2/h7,9-10,12,15-21,24-28,30,32,36,39,58H,4-6,8,11,13-14,22-23,29,31,33-35,37-38,40-57H2,1-3H3/b10-7-,12-9-,18-15-,19-16-,20-17-,24-21-,27-25-,28-26-,32-30-,39-36-. The monoisotopic (exact) mass is 927 g/mol. The van der Waals surface area contributed by atoms with E-state index in [4.69, 9.17) is 14.2 Å². The summed E-state index contributed by atoms with van der Waals surface area (Å²) in [6.07, 6.45) is 74.6. The van der Waals surface area contributed by atoms with Gasteiger partial charge in [-0.3, -0.25) is 14.4 Å². The molecule has 0 aliphatic rings. The van der Waals surface area contributed by atoms with E-state index in [0.29, 0.717) is 19.3 Å². The molecule has 0 rings (SSSR count). The van der Waals surface area contributed by atoms with E-state index in [-0.39, 0.29) is 31.1 Å². The Morgan fingerprint density at radius 3 is 1.09 bits per heavy atom. The van der Waals surface area contributed by atoms with Gasteiger partial charge >= 0.3 is 17.9 Å². The maximum atomic E-state index is 12.8. The number of carbonyl (C=O) groups is 3. The van der Waals surface area contributed by atoms with Crippen molar-refractivity contribution in [2.75, 3.05) is 13.2 Å². The van der Waals surface area contributed by atoms with Gasteiger partial charge in [0.25, 0.3) is 0 Å². The van der Waals surface area contributed by atoms with Gasteiger partial charge < -0.3 is 14.2 Å². The smallest absolute Gasteiger partial charge is 0.306 e. The zero-order valence-electron chi connectivity index (χ0n) is 43.1. The zero-order valence-corrected chi connectivity index (χ0v) is 43.1. The molecule has 0 saturated heterocycles. The van der Waals surface area contributed by atoms with Crippen LogP contribution in [0.25, 0.3) is 0 Å². The molecule has 0 bridgehead atoms. The highest BCUT2D eigenvalue weighted by molar-refractivity contribution is 5.71. The molecule has 0 aliphatic carbocycles. The van der Waals surface area contributed by atoms with Crippen LogP contribution in [0, 0.1) is 0 Å². The molecule has 0 aliphatic heterocycles. The summed E-state index contributed by atoms with van der Waals surface area (Å²) in [5.41, 5.74) is 0. The first kappa shape index (κ1) is 62.8. The van der Waals surface area contributed by atoms with Gasteiger partial charge in [0.05, 0.1) is 0 Å². The molecule has 0 aromatic rings. The number of allylic oxidation sites excluding steroid dienone is 20. The summed E-state index contributed by atoms with van der Waals surface area (Å²) < 4.78 is 16.8. The Kier molecular flexibility index (Phi) is 51.0. The van der Waals surface area contributed by atoms with Crippen molar-refractivity contribution in [2.45, 2.75) is 232 Å². The van der Waals surface area contributed by atoms with Crippen LogP contribution in [0.2, 0.25) is 0 Å². The van der Waals surface area contributed by atoms with Crippen molar-refractivity contribution in [2.24, 2.45) is 0 Å². The van der Waals surface area contributed by atoms with Gasteiger partial charge in [-0.05, 0) is 116 Å². The summed E-state index contributed by atoms with van der Waals surface area (Å²) >= 11 is 0. The second-order valence-electron chi connectivity index (χ2n) is 17.4. The number of hydrogen-bond donors (Lipinski definition) is 0. The molecule has 0 aromatic heterocycles. The molecule has 0 aromatic carbocycles. The average Bonchev–Trinajstić information content (AvgIpc) is 3.33. The van der Waals surface area contributed by atoms with E-state index < -0.39 is 6.10 Å². The van der Waals surface area contributed by atoms with Crippen molar-refractivity contribution in [3.8, 4) is 0 Å². The molecule has 0 N–H and O–H groups in total. The molecule has 0 spiro atoms. The highest BCUT2D eigenvalue weighted by Gasteiger charge is 2.19. The van der Waals surface area contributed by atoms with Crippen LogP contribution >= 0.6 is 0 Å². The summed E-state index contributed by atoms with van der Waals surface area (Å²) in [6.45, 7) is 6.30. The third-order valence-electron chi connectivity index (χ3n) is 11.0. The van der Waals surface area contributed by atoms with Gasteiger partial charge in [0.15, 0.2) is 6.10 Å². The first-order valence-electron chi connectivity index (χ1n) is 27.1. The Morgan fingerprint density at radius 1 is 0.328 bits per heavy atom. The molecule has 0 radical (unpaired) electrons. The van der Waals surface area contributed by atoms with E-state index in [1.165, 1.54) is 51.4 Å². The molecule has 378 valence electrons. The van der Waals surface area contributed by atoms with Crippen LogP contribution in [0.5, 0.6) is 0 Å². The third-order valence-corrected chi connectivity index (χ3v) is 11.0. The maximum Gasteiger partial charge on any atom is 0.306 e. The molecular weight excluding hydrogens is 829 g/mol. The van der Waals surface area contributed by atoms with Crippen molar-refractivity contribution in [1.29, 1.82) is 0 Å². The summed E-state index contributed by atoms with van der Waals surface area (Å²) in [5, 5.41) is 0. The van der Waals surface area contributed by atoms with Gasteiger partial charge in [-0.15, -0.1) is 0 Å². The second kappa shape index (κ2) is 54.4. The van der Waals surface area contributed by atoms with Crippen molar-refractivity contribution in [3.63, 3.8) is 0 Å². The lowest BCUT2D eigenvalue weighted by molar-refractivity contribution is -0.167. The minimum Gasteiger partial charge on any atom is -0.462 e. The predicted molar refractivity (Wildman–Crippen MR) is 288 cm³/mol. The molecule has 0 heterocycles. The van der Waals surface area contributed by atoms with Crippen molar-refractivity contribution in [1.82, 2.24) is 0 Å². The minimum absolute atomic E-state index is 0.106. The van der Waals surface area contributed by atoms with Crippen LogP contribution in [-0.2, 0) is 28.6 Å². The van der Waals surface area contributed by atoms with Crippen molar-refractivity contribution < 1.29 is 28.6 Å². The van der Waals surface area contributed by atoms with E-state index in [1.54, 1.807) is 0 Å². The molecule has 0 fully saturated rings. The van der Waals surface area contributed by atoms with Gasteiger partial charge in [0.2, 0.25) is 0 Å². The summed E-state index contributed by atoms with van der Waals surface area (Å²) in [5.74, 6) is -0.971. The number of hydrogen-bond acceptors (Lipinski definition) is 6. The Balaban J connectivity index is 4.50. The first-order chi connectivity index (χ1) is 33.0. The van der Waals surface area contributed by atoms with Crippen LogP contribution in [-0.4, -0.2) is 37.2 Å². The van der Waals surface area contributed by atoms with E-state index in [9.17, 15) is 14.4 Å². The van der Waals surface area contributed by atoms with Crippen LogP contribution < -0.4 is 0 Å². The largest absolute Gasteiger partial charge is 0.462 e. The van der Waals surface area contributed by atoms with Gasteiger partial charge in [-0.1, -0.05) is 213 Å². The first-order valence-corrected chi connectivity index (χ1v) is 27.1. The molecule has 6 nitrogen and oxygen atoms in total. The van der Waals surface area contributed by atoms with Gasteiger partial charge in [-0.25, -0.2) is 0 Å². The lowest BCUT2D eigenvalue weighted by atomic mass is 10.1. The molecule has 67 heavy (non-hydrogen) atoms. The fourth-order valence-corrected chi connectivity index (χ4v) is 6.97. The zero-order chi connectivity index (χ0) is 48.6. The SMILES string of the molecule is CC\C=C/C=C\C=C/CCCCCCCC(=O)OCC(COC(=O)CCCCC/C=C\C/C=C\C/C=C\C/C=C\C/C=C\CC)OC(=O)CCCCCCCCC/C=C\C/C=C\CCCCC. The Morgan fingerprint density at radius 2 is 0.657 bits per heavy atom. The van der Waals surface area contributed by atoms with Crippen molar-refractivity contribution in [3.05, 3.63) is 122 Å². The third kappa shape index (κ3) is 52.6. The number of unbranched alkanes of at least 4 members (excludes halogenated alkanes) is 18. The number of ether oxygens (including phenoxy) is 3. The Bertz CT molecular complexity index is 1440. The second-order valence-corrected chi connectivity index (χ2v) is 17.4. The van der Waals surface area contributed by atoms with E-state index in [1.807, 2.05) is 0 Å². The fraction of sp³-hybridized carbons (Fsp3) is 0.623. The molecule has 1 atom stereocenters. The molecule has 6 heteroatoms. The lowest BCUT2D eigenvalue weighted by Crippen LogP contribution is -2.30.